The Hall–Kier alpha value is -11.6. The second-order valence-corrected chi connectivity index (χ2v) is 20.4. The van der Waals surface area contributed by atoms with Crippen molar-refractivity contribution in [3.63, 3.8) is 0 Å². The van der Waals surface area contributed by atoms with Crippen LogP contribution < -0.4 is 40.4 Å². The molecule has 5 amide bonds. The quantitative estimate of drug-likeness (QED) is 0.0785. The molecule has 0 saturated carbocycles. The number of nitrogens with one attached hydrogen (secondary N) is 4. The van der Waals surface area contributed by atoms with Gasteiger partial charge in [-0.15, -0.1) is 0 Å². The number of Topliss-reactive ketones (excluding diaryl/α,β-unsaturated/α-hetero) is 1. The Balaban J connectivity index is 0.000000136. The normalized spacial score (nSPS) is 13.5. The minimum Gasteiger partial charge on any atom is -0.495 e. The molecule has 3 aromatic carbocycles. The monoisotopic (exact) mass is 1180 g/mol. The summed E-state index contributed by atoms with van der Waals surface area (Å²) < 4.78 is 22.2. The number of anilines is 3. The van der Waals surface area contributed by atoms with Gasteiger partial charge in [-0.25, -0.2) is 19.9 Å². The summed E-state index contributed by atoms with van der Waals surface area (Å²) >= 11 is 0. The van der Waals surface area contributed by atoms with Crippen LogP contribution in [0.4, 0.5) is 17.1 Å². The Morgan fingerprint density at radius 2 is 1.08 bits per heavy atom. The van der Waals surface area contributed by atoms with Gasteiger partial charge in [0.1, 0.15) is 35.2 Å². The molecule has 4 aliphatic rings. The summed E-state index contributed by atoms with van der Waals surface area (Å²) in [5, 5.41) is 11.2. The van der Waals surface area contributed by atoms with E-state index >= 15 is 0 Å². The van der Waals surface area contributed by atoms with E-state index in [4.69, 9.17) is 19.2 Å². The van der Waals surface area contributed by atoms with Gasteiger partial charge in [0.25, 0.3) is 17.7 Å². The van der Waals surface area contributed by atoms with Crippen molar-refractivity contribution in [2.24, 2.45) is 0 Å². The van der Waals surface area contributed by atoms with E-state index in [0.717, 1.165) is 76.5 Å². The van der Waals surface area contributed by atoms with E-state index in [2.05, 4.69) is 60.9 Å². The van der Waals surface area contributed by atoms with Gasteiger partial charge in [0.2, 0.25) is 11.8 Å². The second kappa shape index (κ2) is 25.7. The number of fused-ring (bicyclic) bond motifs is 4. The maximum Gasteiger partial charge on any atom is 0.267 e. The van der Waals surface area contributed by atoms with Crippen molar-refractivity contribution in [3.05, 3.63) is 189 Å². The number of rotatable bonds is 13. The third-order valence-electron chi connectivity index (χ3n) is 14.9. The molecule has 4 aliphatic heterocycles. The van der Waals surface area contributed by atoms with Gasteiger partial charge in [-0.3, -0.25) is 33.8 Å². The largest absolute Gasteiger partial charge is 0.495 e. The predicted octanol–water partition coefficient (Wildman–Crippen LogP) is 9.08. The summed E-state index contributed by atoms with van der Waals surface area (Å²) in [6.45, 7) is 15.0. The summed E-state index contributed by atoms with van der Waals surface area (Å²) in [5.41, 5.74) is 11.9. The molecule has 6 aromatic heterocycles. The van der Waals surface area contributed by atoms with Gasteiger partial charge in [0.15, 0.2) is 17.4 Å². The smallest absolute Gasteiger partial charge is 0.267 e. The number of nitrogens with zero attached hydrogens (tertiary/aromatic N) is 9. The van der Waals surface area contributed by atoms with E-state index in [1.807, 2.05) is 105 Å². The second-order valence-electron chi connectivity index (χ2n) is 20.4. The van der Waals surface area contributed by atoms with Crippen LogP contribution in [0.25, 0.3) is 67.7 Å². The third kappa shape index (κ3) is 12.5. The van der Waals surface area contributed by atoms with E-state index in [1.165, 1.54) is 25.3 Å². The molecule has 0 atom stereocenters. The number of benzene rings is 3. The minimum atomic E-state index is -0.340. The van der Waals surface area contributed by atoms with Gasteiger partial charge in [0.05, 0.1) is 60.6 Å². The van der Waals surface area contributed by atoms with Gasteiger partial charge in [0, 0.05) is 110 Å². The number of amides is 5. The maximum atomic E-state index is 12.2. The van der Waals surface area contributed by atoms with Crippen LogP contribution in [-0.4, -0.2) is 114 Å². The lowest BCUT2D eigenvalue weighted by Crippen LogP contribution is -2.36. The van der Waals surface area contributed by atoms with Crippen molar-refractivity contribution in [2.45, 2.75) is 32.5 Å². The summed E-state index contributed by atoms with van der Waals surface area (Å²) in [5.74, 6) is 1.94. The molecule has 22 heteroatoms. The van der Waals surface area contributed by atoms with Crippen LogP contribution in [0.3, 0.4) is 0 Å². The molecule has 0 spiro atoms. The first-order chi connectivity index (χ1) is 42.8. The Morgan fingerprint density at radius 1 is 0.545 bits per heavy atom. The van der Waals surface area contributed by atoms with Gasteiger partial charge in [-0.05, 0) is 127 Å². The fourth-order valence-corrected chi connectivity index (χ4v) is 10.5. The molecule has 0 bridgehead atoms. The molecule has 0 radical (unpaired) electrons. The van der Waals surface area contributed by atoms with Crippen molar-refractivity contribution >= 4 is 52.4 Å². The topological polar surface area (TPSA) is 261 Å². The summed E-state index contributed by atoms with van der Waals surface area (Å²) in [4.78, 5) is 96.1. The van der Waals surface area contributed by atoms with Gasteiger partial charge in [-0.1, -0.05) is 19.7 Å². The Morgan fingerprint density at radius 3 is 1.66 bits per heavy atom. The molecule has 0 saturated heterocycles. The summed E-state index contributed by atoms with van der Waals surface area (Å²) in [6, 6.07) is 29.5. The van der Waals surface area contributed by atoms with Crippen LogP contribution in [0.5, 0.6) is 17.2 Å². The molecule has 442 valence electrons. The SMILES string of the molecule is C=CC(=O)N1CCOc2ccc(-c3nccc(-c4cc5n(c4)CCCC5=O)n3)cc21.C=CC(=O)Nc1cc(-c2cc(-c3cc4n(c3)CCNC4=O)ccn2)ccc1OC.C=CC(=O)Nc1cc(-c2nccc(-c3cc4n(c3)CCNC4=O)n2)ccc1OC. The van der Waals surface area contributed by atoms with Crippen molar-refractivity contribution < 1.29 is 43.0 Å². The predicted molar refractivity (Wildman–Crippen MR) is 332 cm³/mol. The number of ether oxygens (including phenoxy) is 3. The fraction of sp³-hybridized carbons (Fsp3) is 0.167. The number of ketones is 1. The van der Waals surface area contributed by atoms with E-state index < -0.39 is 0 Å². The number of hydrogen-bond donors (Lipinski definition) is 4. The first-order valence-electron chi connectivity index (χ1n) is 28.1. The Kier molecular flexibility index (Phi) is 17.0. The first kappa shape index (κ1) is 58.2. The molecule has 9 aromatic rings. The van der Waals surface area contributed by atoms with Crippen molar-refractivity contribution in [1.29, 1.82) is 0 Å². The number of pyridine rings is 1. The highest BCUT2D eigenvalue weighted by molar-refractivity contribution is 6.04. The molecule has 13 rings (SSSR count). The molecule has 0 aliphatic carbocycles. The lowest BCUT2D eigenvalue weighted by molar-refractivity contribution is -0.114. The average molecular weight is 1180 g/mol. The van der Waals surface area contributed by atoms with Crippen LogP contribution in [0.1, 0.15) is 44.3 Å². The number of hydrogen-bond acceptors (Lipinski definition) is 14. The molecule has 4 N–H and O–H groups in total. The van der Waals surface area contributed by atoms with E-state index in [-0.39, 0.29) is 35.3 Å². The standard InChI is InChI=1S/C23H20N4O3.C22H20N4O3.C21H19N5O3/c1-2-22(29)27-10-11-30-21-6-5-15(12-19(21)27)23-24-8-7-17(25-23)16-13-18-20(28)4-3-9-26(18)14-16;1-3-21(27)25-18-11-15(4-5-20(18)29-2)17-10-14(6-7-23-17)16-12-19-22(28)24-8-9-26(19)13-16;1-3-19(27)24-16-10-13(4-5-18(16)29-2)20-22-7-6-15(25-20)14-11-17-21(28)23-8-9-26(17)12-14/h2,5-8,12-14H,1,3-4,9-11H2;3-7,10-13H,1,8-9H2,2H3,(H,24,28)(H,25,27);3-7,10-12H,1,8-9H2,2H3,(H,23,28)(H,24,27). The Labute approximate surface area is 505 Å². The minimum absolute atomic E-state index is 0.0606. The lowest BCUT2D eigenvalue weighted by atomic mass is 10.0. The number of aromatic nitrogens is 8. The molecule has 0 fully saturated rings. The highest BCUT2D eigenvalue weighted by atomic mass is 16.5. The maximum absolute atomic E-state index is 12.2. The van der Waals surface area contributed by atoms with Crippen LogP contribution in [0, 0.1) is 0 Å². The molecule has 88 heavy (non-hydrogen) atoms. The number of methoxy groups -OCH3 is 2. The van der Waals surface area contributed by atoms with Gasteiger partial charge < -0.3 is 54.1 Å². The lowest BCUT2D eigenvalue weighted by Gasteiger charge is -2.29. The molecular weight excluding hydrogens is 1120 g/mol. The van der Waals surface area contributed by atoms with E-state index in [0.29, 0.717) is 101 Å². The van der Waals surface area contributed by atoms with Crippen LogP contribution in [0.2, 0.25) is 0 Å². The van der Waals surface area contributed by atoms with Crippen LogP contribution in [-0.2, 0) is 34.0 Å². The van der Waals surface area contributed by atoms with Crippen molar-refractivity contribution in [2.75, 3.05) is 56.0 Å². The molecule has 22 nitrogen and oxygen atoms in total. The van der Waals surface area contributed by atoms with Crippen LogP contribution >= 0.6 is 0 Å². The average Bonchev–Trinajstić information content (AvgIpc) is 3.09. The van der Waals surface area contributed by atoms with Crippen molar-refractivity contribution in [1.82, 2.24) is 49.3 Å². The number of carbonyl (C=O) groups is 6. The third-order valence-corrected chi connectivity index (χ3v) is 14.9. The zero-order valence-corrected chi connectivity index (χ0v) is 48.1. The summed E-state index contributed by atoms with van der Waals surface area (Å²) in [7, 11) is 3.07. The first-order valence-corrected chi connectivity index (χ1v) is 28.1. The van der Waals surface area contributed by atoms with Crippen molar-refractivity contribution in [3.8, 4) is 84.9 Å². The number of aryl methyl sites for hydroxylation is 1. The van der Waals surface area contributed by atoms with E-state index in [1.54, 1.807) is 54.9 Å². The molecular formula is C66H59N13O9. The highest BCUT2D eigenvalue weighted by Crippen LogP contribution is 2.37. The van der Waals surface area contributed by atoms with Crippen LogP contribution in [0.15, 0.2) is 172 Å². The summed E-state index contributed by atoms with van der Waals surface area (Å²) in [6.07, 6.45) is 16.1. The van der Waals surface area contributed by atoms with Gasteiger partial charge in [-0.2, -0.15) is 0 Å². The zero-order chi connectivity index (χ0) is 61.4. The highest BCUT2D eigenvalue weighted by Gasteiger charge is 2.25. The zero-order valence-electron chi connectivity index (χ0n) is 48.1. The molecule has 0 unspecified atom stereocenters. The Bertz CT molecular complexity index is 4100. The van der Waals surface area contributed by atoms with Gasteiger partial charge >= 0.3 is 0 Å². The molecule has 10 heterocycles. The number of carbonyl (C=O) groups excluding carboxylic acids is 6. The fourth-order valence-electron chi connectivity index (χ4n) is 10.5. The van der Waals surface area contributed by atoms with E-state index in [9.17, 15) is 28.8 Å².